The fourth-order valence-corrected chi connectivity index (χ4v) is 10.7. The zero-order chi connectivity index (χ0) is 53.5. The van der Waals surface area contributed by atoms with E-state index in [2.05, 4.69) is 154 Å². The highest BCUT2D eigenvalue weighted by molar-refractivity contribution is 5.98. The van der Waals surface area contributed by atoms with Gasteiger partial charge in [-0.05, 0) is 120 Å². The summed E-state index contributed by atoms with van der Waals surface area (Å²) in [6, 6.07) is 36.6. The smallest absolute Gasteiger partial charge is 0.392 e. The summed E-state index contributed by atoms with van der Waals surface area (Å²) in [4.78, 5) is 0. The Bertz CT molecular complexity index is 3710. The number of hydrogen-bond donors (Lipinski definition) is 0. The van der Waals surface area contributed by atoms with Crippen molar-refractivity contribution >= 4 is 11.0 Å². The van der Waals surface area contributed by atoms with Gasteiger partial charge in [0.25, 0.3) is 0 Å². The van der Waals surface area contributed by atoms with Crippen LogP contribution >= 0.6 is 0 Å². The number of hydrogen-bond acceptors (Lipinski definition) is 1. The number of ether oxygens (including phenoxy) is 1. The van der Waals surface area contributed by atoms with Gasteiger partial charge in [-0.3, -0.25) is 0 Å². The Kier molecular flexibility index (Phi) is 8.11. The van der Waals surface area contributed by atoms with Gasteiger partial charge in [0, 0.05) is 31.6 Å². The molecule has 3 aliphatic heterocycles. The molecule has 68 heavy (non-hydrogen) atoms. The first-order valence-corrected chi connectivity index (χ1v) is 24.4. The molecule has 6 aromatic carbocycles. The topological polar surface area (TPSA) is 21.9 Å². The highest BCUT2D eigenvalue weighted by Crippen LogP contribution is 2.56. The maximum Gasteiger partial charge on any atom is 0.499 e. The standard InChI is InChI=1S/C64H69N3O/c1-38(2)43-32-48(39(3)4)58-52(33-43)59-66(53-29-28-45(63(14,15)62(11,12)13)35-49(53)41-20-17-16-18-21-41)54-23-19-22-47-50-36-46(61(8,9)10)37-51-55-34-42(40-24-26-44(27-25-40)60(5,6)7)30-31-65(55)64(68-58,56(50)51)67(59)57(47)54/h16-39H,1-15H3/q+2/i24D,25D,26D,27D,38D,39D. The number of para-hydroxylation sites is 1. The molecule has 0 fully saturated rings. The fourth-order valence-electron chi connectivity index (χ4n) is 10.7. The van der Waals surface area contributed by atoms with Gasteiger partial charge in [-0.1, -0.05) is 177 Å². The zero-order valence-corrected chi connectivity index (χ0v) is 42.6. The third-order valence-electron chi connectivity index (χ3n) is 15.7. The van der Waals surface area contributed by atoms with Crippen LogP contribution < -0.4 is 13.9 Å². The average Bonchev–Trinajstić information content (AvgIpc) is 3.86. The minimum Gasteiger partial charge on any atom is -0.392 e. The molecule has 1 unspecified atom stereocenters. The zero-order valence-electron chi connectivity index (χ0n) is 48.6. The average molecular weight is 902 g/mol. The molecule has 8 aromatic rings. The van der Waals surface area contributed by atoms with Gasteiger partial charge in [0.1, 0.15) is 16.8 Å². The fraction of sp³-hybridized carbons (Fsp3) is 0.344. The highest BCUT2D eigenvalue weighted by atomic mass is 16.5. The van der Waals surface area contributed by atoms with Crippen molar-refractivity contribution in [3.05, 3.63) is 167 Å². The van der Waals surface area contributed by atoms with E-state index in [0.29, 0.717) is 22.4 Å². The quantitative estimate of drug-likeness (QED) is 0.152. The molecule has 0 saturated carbocycles. The second-order valence-corrected chi connectivity index (χ2v) is 23.6. The van der Waals surface area contributed by atoms with Crippen molar-refractivity contribution in [2.45, 2.75) is 138 Å². The van der Waals surface area contributed by atoms with Gasteiger partial charge in [0.15, 0.2) is 23.0 Å². The number of aromatic nitrogens is 3. The number of fused-ring (bicyclic) bond motifs is 5. The molecular weight excluding hydrogens is 827 g/mol. The van der Waals surface area contributed by atoms with Gasteiger partial charge in [-0.2, -0.15) is 4.57 Å². The van der Waals surface area contributed by atoms with Crippen LogP contribution in [-0.2, 0) is 22.1 Å². The maximum atomic E-state index is 9.88. The molecule has 0 amide bonds. The predicted molar refractivity (Wildman–Crippen MR) is 282 cm³/mol. The van der Waals surface area contributed by atoms with Gasteiger partial charge < -0.3 is 4.74 Å². The lowest BCUT2D eigenvalue weighted by atomic mass is 9.65. The number of rotatable bonds is 6. The Labute approximate surface area is 413 Å². The molecule has 5 heterocycles. The van der Waals surface area contributed by atoms with Crippen molar-refractivity contribution < 1.29 is 22.1 Å². The number of pyridine rings is 1. The lowest BCUT2D eigenvalue weighted by molar-refractivity contribution is -0.997. The lowest BCUT2D eigenvalue weighted by Gasteiger charge is -2.39. The minimum absolute atomic E-state index is 0.0361. The van der Waals surface area contributed by atoms with Gasteiger partial charge in [-0.25, -0.2) is 0 Å². The summed E-state index contributed by atoms with van der Waals surface area (Å²) in [6.45, 7) is 31.6. The van der Waals surface area contributed by atoms with Crippen LogP contribution in [0.15, 0.2) is 133 Å². The Hall–Kier alpha value is -6.26. The second-order valence-electron chi connectivity index (χ2n) is 23.6. The van der Waals surface area contributed by atoms with E-state index >= 15 is 0 Å². The third-order valence-corrected chi connectivity index (χ3v) is 15.7. The van der Waals surface area contributed by atoms with Crippen LogP contribution in [0.25, 0.3) is 72.7 Å². The normalized spacial score (nSPS) is 17.6. The molecule has 4 nitrogen and oxygen atoms in total. The molecule has 344 valence electrons. The molecule has 0 N–H and O–H groups in total. The minimum atomic E-state index is -1.40. The SMILES string of the molecule is [2H]c1c([2H])c(C(C)(C)C)c([2H])c([2H])c1-c1cc[n+]2c(c1)-c1cc(C(C)(C)C)cc3c1C21Oc2c(cc(C([2H])(C)C)cc2C([2H])(C)C)-c2n(-c4ccc(C(C)(C)C(C)(C)C)cc4-c4ccccc4)c4cccc-3c4[n+]21. The molecule has 0 radical (unpaired) electrons. The largest absolute Gasteiger partial charge is 0.499 e. The van der Waals surface area contributed by atoms with Crippen molar-refractivity contribution in [1.82, 2.24) is 4.57 Å². The molecule has 11 rings (SSSR count). The Morgan fingerprint density at radius 3 is 1.91 bits per heavy atom. The van der Waals surface area contributed by atoms with E-state index in [-0.39, 0.29) is 46.0 Å². The molecule has 3 aliphatic rings. The van der Waals surface area contributed by atoms with Crippen LogP contribution in [0.1, 0.15) is 157 Å². The Morgan fingerprint density at radius 2 is 1.26 bits per heavy atom. The van der Waals surface area contributed by atoms with Gasteiger partial charge in [-0.15, -0.1) is 9.13 Å². The first-order chi connectivity index (χ1) is 34.3. The molecule has 4 heteroatoms. The van der Waals surface area contributed by atoms with Gasteiger partial charge >= 0.3 is 11.7 Å². The number of imidazole rings is 1. The molecule has 2 aromatic heterocycles. The second kappa shape index (κ2) is 14.6. The van der Waals surface area contributed by atoms with E-state index in [1.807, 2.05) is 72.9 Å². The van der Waals surface area contributed by atoms with Crippen molar-refractivity contribution in [1.29, 1.82) is 0 Å². The van der Waals surface area contributed by atoms with Crippen molar-refractivity contribution in [2.75, 3.05) is 0 Å². The summed E-state index contributed by atoms with van der Waals surface area (Å²) in [6.07, 6.45) is 2.00. The van der Waals surface area contributed by atoms with Crippen LogP contribution in [0.3, 0.4) is 0 Å². The summed E-state index contributed by atoms with van der Waals surface area (Å²) in [5.74, 6) is -2.17. The first-order valence-electron chi connectivity index (χ1n) is 27.4. The predicted octanol–water partition coefficient (Wildman–Crippen LogP) is 15.9. The molecule has 0 saturated heterocycles. The number of nitrogens with zero attached hydrogens (tertiary/aromatic N) is 3. The summed E-state index contributed by atoms with van der Waals surface area (Å²) >= 11 is 0. The van der Waals surface area contributed by atoms with E-state index in [0.717, 1.165) is 78.3 Å². The van der Waals surface area contributed by atoms with Crippen molar-refractivity contribution in [2.24, 2.45) is 5.41 Å². The maximum absolute atomic E-state index is 9.88. The Balaban J connectivity index is 1.34. The molecular formula is C64H69N3O+2. The number of benzene rings is 6. The molecule has 0 aliphatic carbocycles. The third kappa shape index (κ3) is 6.24. The molecule has 1 spiro atoms. The van der Waals surface area contributed by atoms with Crippen LogP contribution in [0.2, 0.25) is 0 Å². The van der Waals surface area contributed by atoms with Crippen LogP contribution in [0.4, 0.5) is 0 Å². The highest BCUT2D eigenvalue weighted by Gasteiger charge is 2.69. The summed E-state index contributed by atoms with van der Waals surface area (Å²) in [5.41, 5.74) is 14.5. The first kappa shape index (κ1) is 37.7. The van der Waals surface area contributed by atoms with Crippen LogP contribution in [0.5, 0.6) is 5.75 Å². The van der Waals surface area contributed by atoms with Crippen LogP contribution in [0, 0.1) is 5.41 Å². The molecule has 1 atom stereocenters. The van der Waals surface area contributed by atoms with Crippen LogP contribution in [-0.4, -0.2) is 4.57 Å². The van der Waals surface area contributed by atoms with E-state index in [1.165, 1.54) is 5.56 Å². The van der Waals surface area contributed by atoms with E-state index in [1.54, 1.807) is 0 Å². The monoisotopic (exact) mass is 902 g/mol. The van der Waals surface area contributed by atoms with E-state index < -0.39 is 23.1 Å². The van der Waals surface area contributed by atoms with Gasteiger partial charge in [0.2, 0.25) is 5.69 Å². The van der Waals surface area contributed by atoms with Gasteiger partial charge in [0.05, 0.1) is 11.0 Å². The van der Waals surface area contributed by atoms with Crippen molar-refractivity contribution in [3.8, 4) is 67.5 Å². The van der Waals surface area contributed by atoms with E-state index in [4.69, 9.17) is 4.74 Å². The molecule has 0 bridgehead atoms. The van der Waals surface area contributed by atoms with Crippen molar-refractivity contribution in [3.63, 3.8) is 0 Å². The summed E-state index contributed by atoms with van der Waals surface area (Å²) in [5, 5.41) is 0. The lowest BCUT2D eigenvalue weighted by Crippen LogP contribution is -2.78. The van der Waals surface area contributed by atoms with E-state index in [9.17, 15) is 8.22 Å². The summed E-state index contributed by atoms with van der Waals surface area (Å²) < 4.78 is 71.7. The summed E-state index contributed by atoms with van der Waals surface area (Å²) in [7, 11) is 0. The Morgan fingerprint density at radius 1 is 0.588 bits per heavy atom.